The minimum absolute atomic E-state index is 0.533. The SMILES string of the molecule is CCCCC1=CC=C(O)CC1. The summed E-state index contributed by atoms with van der Waals surface area (Å²) in [4.78, 5) is 0. The van der Waals surface area contributed by atoms with Crippen molar-refractivity contribution in [2.24, 2.45) is 0 Å². The summed E-state index contributed by atoms with van der Waals surface area (Å²) in [5.74, 6) is 0.533. The van der Waals surface area contributed by atoms with Crippen LogP contribution in [0.4, 0.5) is 0 Å². The Morgan fingerprint density at radius 2 is 2.18 bits per heavy atom. The number of hydrogen-bond acceptors (Lipinski definition) is 1. The third kappa shape index (κ3) is 2.79. The van der Waals surface area contributed by atoms with E-state index in [4.69, 9.17) is 5.11 Å². The summed E-state index contributed by atoms with van der Waals surface area (Å²) in [6, 6.07) is 0. The van der Waals surface area contributed by atoms with Crippen LogP contribution in [0.1, 0.15) is 39.0 Å². The zero-order valence-corrected chi connectivity index (χ0v) is 7.14. The molecule has 0 aromatic rings. The van der Waals surface area contributed by atoms with Crippen molar-refractivity contribution >= 4 is 0 Å². The molecule has 0 aromatic heterocycles. The molecule has 0 atom stereocenters. The summed E-state index contributed by atoms with van der Waals surface area (Å²) in [6.07, 6.45) is 9.54. The maximum Gasteiger partial charge on any atom is 0.0925 e. The first-order valence-electron chi connectivity index (χ1n) is 4.40. The van der Waals surface area contributed by atoms with Crippen LogP contribution in [0.2, 0.25) is 0 Å². The Bertz CT molecular complexity index is 177. The zero-order valence-electron chi connectivity index (χ0n) is 7.14. The molecule has 0 unspecified atom stereocenters. The van der Waals surface area contributed by atoms with Crippen LogP contribution in [-0.2, 0) is 0 Å². The zero-order chi connectivity index (χ0) is 8.10. The van der Waals surface area contributed by atoms with Gasteiger partial charge in [0, 0.05) is 6.42 Å². The van der Waals surface area contributed by atoms with Crippen molar-refractivity contribution in [1.82, 2.24) is 0 Å². The fraction of sp³-hybridized carbons (Fsp3) is 0.600. The Morgan fingerprint density at radius 3 is 2.73 bits per heavy atom. The minimum Gasteiger partial charge on any atom is -0.512 e. The predicted molar refractivity (Wildman–Crippen MR) is 47.6 cm³/mol. The maximum absolute atomic E-state index is 9.07. The van der Waals surface area contributed by atoms with E-state index in [0.29, 0.717) is 5.76 Å². The van der Waals surface area contributed by atoms with Gasteiger partial charge in [-0.25, -0.2) is 0 Å². The molecular formula is C10H16O. The monoisotopic (exact) mass is 152 g/mol. The molecule has 0 aliphatic heterocycles. The maximum atomic E-state index is 9.07. The molecule has 1 aliphatic carbocycles. The predicted octanol–water partition coefficient (Wildman–Crippen LogP) is 3.34. The van der Waals surface area contributed by atoms with Crippen LogP contribution < -0.4 is 0 Å². The summed E-state index contributed by atoms with van der Waals surface area (Å²) in [6.45, 7) is 2.21. The highest BCUT2D eigenvalue weighted by Crippen LogP contribution is 2.20. The lowest BCUT2D eigenvalue weighted by atomic mass is 9.99. The second-order valence-corrected chi connectivity index (χ2v) is 3.09. The quantitative estimate of drug-likeness (QED) is 0.657. The van der Waals surface area contributed by atoms with Crippen LogP contribution in [-0.4, -0.2) is 5.11 Å². The Kier molecular flexibility index (Phi) is 3.21. The standard InChI is InChI=1S/C10H16O/c1-2-3-4-9-5-7-10(11)8-6-9/h5,7,11H,2-4,6,8H2,1H3. The lowest BCUT2D eigenvalue weighted by Gasteiger charge is -2.09. The Labute approximate surface area is 68.4 Å². The third-order valence-corrected chi connectivity index (χ3v) is 2.07. The summed E-state index contributed by atoms with van der Waals surface area (Å²) < 4.78 is 0. The largest absolute Gasteiger partial charge is 0.512 e. The van der Waals surface area contributed by atoms with Crippen LogP contribution in [0.5, 0.6) is 0 Å². The van der Waals surface area contributed by atoms with E-state index in [1.54, 1.807) is 0 Å². The van der Waals surface area contributed by atoms with Crippen molar-refractivity contribution in [1.29, 1.82) is 0 Å². The van der Waals surface area contributed by atoms with Gasteiger partial charge in [0.2, 0.25) is 0 Å². The van der Waals surface area contributed by atoms with Gasteiger partial charge in [-0.2, -0.15) is 0 Å². The molecule has 0 saturated heterocycles. The highest BCUT2D eigenvalue weighted by Gasteiger charge is 2.03. The van der Waals surface area contributed by atoms with Crippen LogP contribution in [0.15, 0.2) is 23.5 Å². The van der Waals surface area contributed by atoms with Gasteiger partial charge in [0.25, 0.3) is 0 Å². The second-order valence-electron chi connectivity index (χ2n) is 3.09. The van der Waals surface area contributed by atoms with E-state index >= 15 is 0 Å². The van der Waals surface area contributed by atoms with E-state index in [9.17, 15) is 0 Å². The molecule has 0 aromatic carbocycles. The number of hydrogen-bond donors (Lipinski definition) is 1. The topological polar surface area (TPSA) is 20.2 Å². The fourth-order valence-electron chi connectivity index (χ4n) is 1.28. The van der Waals surface area contributed by atoms with Crippen molar-refractivity contribution in [3.8, 4) is 0 Å². The molecule has 0 heterocycles. The van der Waals surface area contributed by atoms with E-state index in [-0.39, 0.29) is 0 Å². The molecule has 0 radical (unpaired) electrons. The molecular weight excluding hydrogens is 136 g/mol. The van der Waals surface area contributed by atoms with E-state index < -0.39 is 0 Å². The van der Waals surface area contributed by atoms with Gasteiger partial charge >= 0.3 is 0 Å². The van der Waals surface area contributed by atoms with Gasteiger partial charge in [-0.1, -0.05) is 25.0 Å². The molecule has 11 heavy (non-hydrogen) atoms. The normalized spacial score (nSPS) is 17.5. The first kappa shape index (κ1) is 8.38. The molecule has 0 amide bonds. The summed E-state index contributed by atoms with van der Waals surface area (Å²) in [5.41, 5.74) is 1.49. The fourth-order valence-corrected chi connectivity index (χ4v) is 1.28. The molecule has 1 N–H and O–H groups in total. The molecule has 1 rings (SSSR count). The highest BCUT2D eigenvalue weighted by atomic mass is 16.3. The van der Waals surface area contributed by atoms with Crippen molar-refractivity contribution < 1.29 is 5.11 Å². The van der Waals surface area contributed by atoms with Crippen molar-refractivity contribution in [3.05, 3.63) is 23.5 Å². The Balaban J connectivity index is 2.35. The molecule has 0 bridgehead atoms. The van der Waals surface area contributed by atoms with Gasteiger partial charge in [0.1, 0.15) is 0 Å². The smallest absolute Gasteiger partial charge is 0.0925 e. The summed E-state index contributed by atoms with van der Waals surface area (Å²) >= 11 is 0. The Hall–Kier alpha value is -0.720. The van der Waals surface area contributed by atoms with Gasteiger partial charge in [-0.05, 0) is 25.3 Å². The van der Waals surface area contributed by atoms with E-state index in [1.165, 1.54) is 24.8 Å². The molecule has 1 heteroatoms. The van der Waals surface area contributed by atoms with Crippen LogP contribution in [0.25, 0.3) is 0 Å². The lowest BCUT2D eigenvalue weighted by Crippen LogP contribution is -1.92. The molecule has 0 saturated carbocycles. The van der Waals surface area contributed by atoms with Gasteiger partial charge in [0.05, 0.1) is 5.76 Å². The number of rotatable bonds is 3. The number of unbranched alkanes of at least 4 members (excludes halogenated alkanes) is 1. The van der Waals surface area contributed by atoms with Crippen LogP contribution in [0, 0.1) is 0 Å². The highest BCUT2D eigenvalue weighted by molar-refractivity contribution is 5.20. The first-order chi connectivity index (χ1) is 5.33. The molecule has 1 nitrogen and oxygen atoms in total. The summed E-state index contributed by atoms with van der Waals surface area (Å²) in [7, 11) is 0. The molecule has 0 fully saturated rings. The minimum atomic E-state index is 0.533. The average molecular weight is 152 g/mol. The Morgan fingerprint density at radius 1 is 1.36 bits per heavy atom. The van der Waals surface area contributed by atoms with Crippen LogP contribution in [0.3, 0.4) is 0 Å². The van der Waals surface area contributed by atoms with Gasteiger partial charge in [-0.15, -0.1) is 0 Å². The lowest BCUT2D eigenvalue weighted by molar-refractivity contribution is 0.384. The van der Waals surface area contributed by atoms with Gasteiger partial charge in [0.15, 0.2) is 0 Å². The number of allylic oxidation sites excluding steroid dienone is 4. The van der Waals surface area contributed by atoms with Crippen molar-refractivity contribution in [2.45, 2.75) is 39.0 Å². The van der Waals surface area contributed by atoms with E-state index in [1.807, 2.05) is 6.08 Å². The number of aliphatic hydroxyl groups is 1. The summed E-state index contributed by atoms with van der Waals surface area (Å²) in [5, 5.41) is 9.07. The van der Waals surface area contributed by atoms with E-state index in [2.05, 4.69) is 13.0 Å². The molecule has 0 spiro atoms. The van der Waals surface area contributed by atoms with Crippen molar-refractivity contribution in [3.63, 3.8) is 0 Å². The molecule has 62 valence electrons. The molecule has 1 aliphatic rings. The first-order valence-corrected chi connectivity index (χ1v) is 4.40. The average Bonchev–Trinajstić information content (AvgIpc) is 2.04. The van der Waals surface area contributed by atoms with Crippen LogP contribution >= 0.6 is 0 Å². The van der Waals surface area contributed by atoms with Gasteiger partial charge < -0.3 is 5.11 Å². The third-order valence-electron chi connectivity index (χ3n) is 2.07. The second kappa shape index (κ2) is 4.22. The number of aliphatic hydroxyl groups excluding tert-OH is 1. The van der Waals surface area contributed by atoms with Gasteiger partial charge in [-0.3, -0.25) is 0 Å². The van der Waals surface area contributed by atoms with E-state index in [0.717, 1.165) is 12.8 Å². The van der Waals surface area contributed by atoms with Crippen molar-refractivity contribution in [2.75, 3.05) is 0 Å².